The zero-order chi connectivity index (χ0) is 42.8. The molecular weight excluding hydrogens is 789 g/mol. The first-order chi connectivity index (χ1) is 32.2. The highest BCUT2D eigenvalue weighted by Gasteiger charge is 2.19. The third-order valence-electron chi connectivity index (χ3n) is 13.2. The first kappa shape index (κ1) is 36.9. The third-order valence-corrected chi connectivity index (χ3v) is 13.2. The summed E-state index contributed by atoms with van der Waals surface area (Å²) in [7, 11) is 0. The van der Waals surface area contributed by atoms with Crippen LogP contribution in [0.1, 0.15) is 0 Å². The number of anilines is 3. The van der Waals surface area contributed by atoms with E-state index in [-0.39, 0.29) is 0 Å². The van der Waals surface area contributed by atoms with E-state index in [1.807, 2.05) is 12.1 Å². The van der Waals surface area contributed by atoms with Crippen LogP contribution in [0.25, 0.3) is 104 Å². The van der Waals surface area contributed by atoms with E-state index in [9.17, 15) is 0 Å². The first-order valence-corrected chi connectivity index (χ1v) is 22.2. The van der Waals surface area contributed by atoms with Gasteiger partial charge >= 0.3 is 0 Å². The van der Waals surface area contributed by atoms with Gasteiger partial charge in [-0.25, -0.2) is 0 Å². The monoisotopic (exact) mass is 828 g/mol. The number of nitrogens with zero attached hydrogens (tertiary/aromatic N) is 2. The third kappa shape index (κ3) is 6.12. The second-order valence-corrected chi connectivity index (χ2v) is 16.9. The Morgan fingerprint density at radius 3 is 1.42 bits per heavy atom. The predicted molar refractivity (Wildman–Crippen MR) is 274 cm³/mol. The standard InChI is InChI=1S/C62H40N2O/c1-2-13-50-46(12-1)40-59(53-15-4-3-14-52(50)53)63(47-34-28-42(29-35-47)41-24-26-45(27-25-41)51-19-11-23-61-62(51)56-18-7-10-22-60(56)65-61)48-36-30-43(31-37-48)44-32-38-49(39-33-44)64-57-20-8-5-16-54(57)55-17-6-9-21-58(55)64/h1-40H. The number of fused-ring (bicyclic) bond motifs is 9. The summed E-state index contributed by atoms with van der Waals surface area (Å²) in [6.45, 7) is 0. The molecule has 13 rings (SSSR count). The van der Waals surface area contributed by atoms with Crippen molar-refractivity contribution >= 4 is 82.4 Å². The molecule has 65 heavy (non-hydrogen) atoms. The van der Waals surface area contributed by atoms with Gasteiger partial charge in [-0.05, 0) is 116 Å². The molecule has 2 aromatic heterocycles. The lowest BCUT2D eigenvalue weighted by atomic mass is 9.96. The van der Waals surface area contributed by atoms with Crippen molar-refractivity contribution in [2.24, 2.45) is 0 Å². The van der Waals surface area contributed by atoms with Gasteiger partial charge in [0, 0.05) is 44.0 Å². The van der Waals surface area contributed by atoms with Gasteiger partial charge < -0.3 is 13.9 Å². The molecule has 3 nitrogen and oxygen atoms in total. The molecule has 0 atom stereocenters. The number of furan rings is 1. The van der Waals surface area contributed by atoms with Crippen LogP contribution in [0, 0.1) is 0 Å². The fraction of sp³-hybridized carbons (Fsp3) is 0. The second kappa shape index (κ2) is 15.0. The van der Waals surface area contributed by atoms with Crippen molar-refractivity contribution in [3.8, 4) is 39.1 Å². The molecule has 0 aliphatic rings. The van der Waals surface area contributed by atoms with E-state index in [1.165, 1.54) is 71.2 Å². The average Bonchev–Trinajstić information content (AvgIpc) is 3.93. The Labute approximate surface area is 376 Å². The van der Waals surface area contributed by atoms with Crippen LogP contribution in [0.5, 0.6) is 0 Å². The van der Waals surface area contributed by atoms with Gasteiger partial charge in [0.1, 0.15) is 11.2 Å². The number of aromatic nitrogens is 1. The van der Waals surface area contributed by atoms with Crippen LogP contribution in [0.3, 0.4) is 0 Å². The molecular formula is C62H40N2O. The molecule has 2 heterocycles. The summed E-state index contributed by atoms with van der Waals surface area (Å²) < 4.78 is 8.57. The zero-order valence-corrected chi connectivity index (χ0v) is 35.4. The largest absolute Gasteiger partial charge is 0.456 e. The molecule has 304 valence electrons. The molecule has 0 N–H and O–H groups in total. The molecule has 0 aliphatic carbocycles. The predicted octanol–water partition coefficient (Wildman–Crippen LogP) is 17.5. The van der Waals surface area contributed by atoms with E-state index in [2.05, 4.69) is 240 Å². The Bertz CT molecular complexity index is 3860. The van der Waals surface area contributed by atoms with E-state index < -0.39 is 0 Å². The lowest BCUT2D eigenvalue weighted by Crippen LogP contribution is -2.10. The molecule has 0 fully saturated rings. The van der Waals surface area contributed by atoms with Gasteiger partial charge in [0.2, 0.25) is 0 Å². The Morgan fingerprint density at radius 1 is 0.323 bits per heavy atom. The number of hydrogen-bond donors (Lipinski definition) is 0. The Morgan fingerprint density at radius 2 is 0.785 bits per heavy atom. The fourth-order valence-corrected chi connectivity index (χ4v) is 10.1. The highest BCUT2D eigenvalue weighted by atomic mass is 16.3. The van der Waals surface area contributed by atoms with E-state index in [4.69, 9.17) is 4.42 Å². The molecule has 0 bridgehead atoms. The van der Waals surface area contributed by atoms with E-state index >= 15 is 0 Å². The van der Waals surface area contributed by atoms with Gasteiger partial charge in [-0.15, -0.1) is 0 Å². The molecule has 3 heteroatoms. The lowest BCUT2D eigenvalue weighted by Gasteiger charge is -2.28. The van der Waals surface area contributed by atoms with Crippen LogP contribution in [0.15, 0.2) is 247 Å². The molecule has 0 saturated heterocycles. The van der Waals surface area contributed by atoms with Crippen molar-refractivity contribution < 1.29 is 4.42 Å². The van der Waals surface area contributed by atoms with E-state index in [0.29, 0.717) is 0 Å². The fourth-order valence-electron chi connectivity index (χ4n) is 10.1. The van der Waals surface area contributed by atoms with Crippen LogP contribution in [-0.4, -0.2) is 4.57 Å². The Hall–Kier alpha value is -8.66. The summed E-state index contributed by atoms with van der Waals surface area (Å²) in [5.41, 5.74) is 15.7. The maximum absolute atomic E-state index is 6.21. The number of hydrogen-bond acceptors (Lipinski definition) is 2. The summed E-state index contributed by atoms with van der Waals surface area (Å²) in [4.78, 5) is 2.41. The molecule has 11 aromatic carbocycles. The van der Waals surface area contributed by atoms with Crippen molar-refractivity contribution in [1.29, 1.82) is 0 Å². The van der Waals surface area contributed by atoms with Crippen molar-refractivity contribution in [2.45, 2.75) is 0 Å². The quantitative estimate of drug-likeness (QED) is 0.149. The van der Waals surface area contributed by atoms with Gasteiger partial charge in [-0.3, -0.25) is 0 Å². The Balaban J connectivity index is 0.866. The van der Waals surface area contributed by atoms with Gasteiger partial charge in [-0.2, -0.15) is 0 Å². The molecule has 0 amide bonds. The van der Waals surface area contributed by atoms with Crippen molar-refractivity contribution in [2.75, 3.05) is 4.90 Å². The van der Waals surface area contributed by atoms with Crippen LogP contribution in [0.2, 0.25) is 0 Å². The molecule has 13 aromatic rings. The lowest BCUT2D eigenvalue weighted by molar-refractivity contribution is 0.669. The Kier molecular flexibility index (Phi) is 8.53. The SMILES string of the molecule is c1ccc2c(c1)cc(N(c1ccc(-c3ccc(-c4cccc5oc6ccccc6c45)cc3)cc1)c1ccc(-c3ccc(-n4c5ccccc5c5ccccc54)cc3)cc1)c1ccccc12. The molecule has 0 saturated carbocycles. The summed E-state index contributed by atoms with van der Waals surface area (Å²) >= 11 is 0. The topological polar surface area (TPSA) is 21.3 Å². The number of rotatable bonds is 7. The van der Waals surface area contributed by atoms with Crippen LogP contribution >= 0.6 is 0 Å². The summed E-state index contributed by atoms with van der Waals surface area (Å²) in [6, 6.07) is 87.7. The summed E-state index contributed by atoms with van der Waals surface area (Å²) in [5, 5.41) is 9.74. The smallest absolute Gasteiger partial charge is 0.136 e. The minimum atomic E-state index is 0.909. The normalized spacial score (nSPS) is 11.7. The molecule has 0 unspecified atom stereocenters. The van der Waals surface area contributed by atoms with E-state index in [1.54, 1.807) is 0 Å². The van der Waals surface area contributed by atoms with Crippen LogP contribution in [0.4, 0.5) is 17.1 Å². The van der Waals surface area contributed by atoms with Gasteiger partial charge in [0.15, 0.2) is 0 Å². The van der Waals surface area contributed by atoms with Gasteiger partial charge in [-0.1, -0.05) is 176 Å². The number of benzene rings is 11. The number of para-hydroxylation sites is 3. The highest BCUT2D eigenvalue weighted by Crippen LogP contribution is 2.44. The molecule has 0 radical (unpaired) electrons. The van der Waals surface area contributed by atoms with Crippen LogP contribution in [-0.2, 0) is 0 Å². The zero-order valence-electron chi connectivity index (χ0n) is 35.4. The first-order valence-electron chi connectivity index (χ1n) is 22.2. The molecule has 0 aliphatic heterocycles. The minimum Gasteiger partial charge on any atom is -0.456 e. The maximum atomic E-state index is 6.21. The average molecular weight is 829 g/mol. The summed E-state index contributed by atoms with van der Waals surface area (Å²) in [6.07, 6.45) is 0. The molecule has 0 spiro atoms. The summed E-state index contributed by atoms with van der Waals surface area (Å²) in [5.74, 6) is 0. The van der Waals surface area contributed by atoms with Gasteiger partial charge in [0.05, 0.1) is 16.7 Å². The maximum Gasteiger partial charge on any atom is 0.136 e. The van der Waals surface area contributed by atoms with Crippen molar-refractivity contribution in [3.63, 3.8) is 0 Å². The van der Waals surface area contributed by atoms with Crippen molar-refractivity contribution in [3.05, 3.63) is 243 Å². The van der Waals surface area contributed by atoms with Crippen LogP contribution < -0.4 is 4.90 Å². The van der Waals surface area contributed by atoms with Gasteiger partial charge in [0.25, 0.3) is 0 Å². The minimum absolute atomic E-state index is 0.909. The van der Waals surface area contributed by atoms with Crippen molar-refractivity contribution in [1.82, 2.24) is 4.57 Å². The highest BCUT2D eigenvalue weighted by molar-refractivity contribution is 6.15. The van der Waals surface area contributed by atoms with E-state index in [0.717, 1.165) is 50.3 Å². The second-order valence-electron chi connectivity index (χ2n) is 16.9.